The minimum absolute atomic E-state index is 0. The summed E-state index contributed by atoms with van der Waals surface area (Å²) >= 11 is 12.9. The van der Waals surface area contributed by atoms with Crippen molar-refractivity contribution in [3.8, 4) is 0 Å². The summed E-state index contributed by atoms with van der Waals surface area (Å²) in [5, 5.41) is 32.0. The lowest BCUT2D eigenvalue weighted by Crippen LogP contribution is -2.50. The first-order valence-corrected chi connectivity index (χ1v) is 45.2. The Hall–Kier alpha value is -7.83. The number of alkyl halides is 3. The van der Waals surface area contributed by atoms with E-state index in [1.807, 2.05) is 109 Å². The van der Waals surface area contributed by atoms with Gasteiger partial charge in [0, 0.05) is 76.3 Å². The summed E-state index contributed by atoms with van der Waals surface area (Å²) in [6, 6.07) is 116. The maximum atomic E-state index is 11.1. The number of hydrogen-bond acceptors (Lipinski definition) is 10. The number of hydrogen-bond donors (Lipinski definition) is 6. The van der Waals surface area contributed by atoms with Gasteiger partial charge in [-0.15, -0.1) is 48.0 Å². The standard InChI is InChI=1S/C19H22N2O.C19H23N.C18H22N2.C18H21NO.C12H17N.C11H15NO.C7H7Br.CH2Cl2.2CH4.2ClH/c22-16-20-19(18-9-5-2-6-10-18)11-13-21(14-12-19)15-17-7-3-1-4-8-17;1-19(18-10-6-3-7-11-18)12-14-20(15-13-19)16-17-8-4-2-5-9-17;19-18(17-9-5-2-6-10-17)11-13-20(14-12-18)15-16-7-3-1-4-8-16;20-18(17-9-5-2-6-10-17)11-13-19(14-12-18)15-16-7-3-1-4-8-16;1-12(7-9-13-10-8-12)11-5-3-2-4-6-11;13-11(6-8-12-9-7-11)10-4-2-1-3-5-10;8-6-7-4-2-1-3-5-7;2-1-3;;;;/h1-10,16H,11-15H2,(H,20,22);2-11H,12-16H2,1H3;1-10H,11-15,19H2;1-10,20H,11-15H2;2-6,13H,7-10H2,1H3;1-5,12-13H,6-9H2;1-5H,6H2;1H2;2*1H4;2*1H. The van der Waals surface area contributed by atoms with Gasteiger partial charge in [-0.05, 0) is 188 Å². The van der Waals surface area contributed by atoms with Crippen LogP contribution in [0, 0.1) is 0 Å². The van der Waals surface area contributed by atoms with Crippen molar-refractivity contribution in [3.05, 3.63) is 395 Å². The number of carbonyl (C=O) groups is 1. The van der Waals surface area contributed by atoms with Gasteiger partial charge in [0.1, 0.15) is 0 Å². The van der Waals surface area contributed by atoms with Crippen LogP contribution in [0.3, 0.4) is 0 Å². The molecule has 7 N–H and O–H groups in total. The molecular weight excluding hydrogens is 1670 g/mol. The van der Waals surface area contributed by atoms with Crippen LogP contribution in [0.2, 0.25) is 0 Å². The summed E-state index contributed by atoms with van der Waals surface area (Å²) in [6.07, 6.45) is 13.1. The first kappa shape index (κ1) is 104. The molecule has 0 aromatic heterocycles. The molecule has 6 aliphatic rings. The first-order valence-electron chi connectivity index (χ1n) is 43.0. The summed E-state index contributed by atoms with van der Waals surface area (Å²) in [6.45, 7) is 21.4. The second-order valence-corrected chi connectivity index (χ2v) is 34.5. The number of nitrogens with two attached hydrogens (primary N) is 1. The fourth-order valence-electron chi connectivity index (χ4n) is 17.0. The summed E-state index contributed by atoms with van der Waals surface area (Å²) in [5.74, 6) is 0. The topological polar surface area (TPSA) is 133 Å². The average Bonchev–Trinajstić information content (AvgIpc) is 0.793. The molecule has 6 saturated heterocycles. The molecular formula is C107H139BrCl4N8O3. The Labute approximate surface area is 770 Å². The largest absolute Gasteiger partial charge is 0.385 e. The van der Waals surface area contributed by atoms with E-state index < -0.39 is 11.2 Å². The maximum Gasteiger partial charge on any atom is 0.207 e. The third-order valence-corrected chi connectivity index (χ3v) is 25.5. The van der Waals surface area contributed by atoms with Crippen LogP contribution in [-0.4, -0.2) is 120 Å². The molecule has 6 aliphatic heterocycles. The van der Waals surface area contributed by atoms with Crippen LogP contribution >= 0.6 is 63.9 Å². The zero-order valence-electron chi connectivity index (χ0n) is 71.2. The normalized spacial score (nSPS) is 17.6. The number of aliphatic hydroxyl groups is 2. The molecule has 16 heteroatoms. The number of nitrogens with zero attached hydrogens (tertiary/aromatic N) is 4. The number of piperidine rings is 6. The number of carbonyl (C=O) groups excluding carboxylic acids is 1. The lowest BCUT2D eigenvalue weighted by Gasteiger charge is -2.42. The van der Waals surface area contributed by atoms with Gasteiger partial charge in [0.2, 0.25) is 6.41 Å². The van der Waals surface area contributed by atoms with Crippen LogP contribution < -0.4 is 21.7 Å². The highest BCUT2D eigenvalue weighted by molar-refractivity contribution is 9.08. The Bertz CT molecular complexity index is 4170. The van der Waals surface area contributed by atoms with Gasteiger partial charge in [-0.3, -0.25) is 24.4 Å². The highest BCUT2D eigenvalue weighted by atomic mass is 79.9. The maximum absolute atomic E-state index is 11.1. The van der Waals surface area contributed by atoms with Gasteiger partial charge in [0.25, 0.3) is 0 Å². The number of nitrogens with one attached hydrogen (secondary N) is 3. The number of likely N-dealkylation sites (tertiary alicyclic amines) is 4. The van der Waals surface area contributed by atoms with E-state index in [0.29, 0.717) is 10.8 Å². The van der Waals surface area contributed by atoms with Crippen molar-refractivity contribution in [1.82, 2.24) is 35.6 Å². The van der Waals surface area contributed by atoms with Crippen molar-refractivity contribution >= 4 is 70.4 Å². The van der Waals surface area contributed by atoms with E-state index in [-0.39, 0.29) is 56.1 Å². The van der Waals surface area contributed by atoms with Gasteiger partial charge < -0.3 is 31.9 Å². The van der Waals surface area contributed by atoms with Crippen LogP contribution in [0.4, 0.5) is 0 Å². The third kappa shape index (κ3) is 33.8. The molecule has 0 unspecified atom stereocenters. The molecule has 0 atom stereocenters. The molecule has 11 aromatic carbocycles. The summed E-state index contributed by atoms with van der Waals surface area (Å²) in [5.41, 5.74) is 20.2. The van der Waals surface area contributed by atoms with Crippen molar-refractivity contribution < 1.29 is 15.0 Å². The van der Waals surface area contributed by atoms with Gasteiger partial charge >= 0.3 is 0 Å². The second kappa shape index (κ2) is 55.6. The van der Waals surface area contributed by atoms with Crippen LogP contribution in [0.15, 0.2) is 334 Å². The van der Waals surface area contributed by atoms with E-state index in [0.717, 1.165) is 166 Å². The van der Waals surface area contributed by atoms with Gasteiger partial charge in [-0.25, -0.2) is 0 Å². The fraction of sp³-hybridized carbons (Fsp3) is 0.374. The summed E-state index contributed by atoms with van der Waals surface area (Å²) in [7, 11) is 0. The molecule has 660 valence electrons. The van der Waals surface area contributed by atoms with E-state index in [1.54, 1.807) is 0 Å². The summed E-state index contributed by atoms with van der Waals surface area (Å²) in [4.78, 5) is 21.1. The summed E-state index contributed by atoms with van der Waals surface area (Å²) < 4.78 is 0. The Morgan fingerprint density at radius 1 is 0.333 bits per heavy atom. The monoisotopic (exact) mass is 1800 g/mol. The molecule has 0 aliphatic carbocycles. The van der Waals surface area contributed by atoms with Gasteiger partial charge in [-0.1, -0.05) is 378 Å². The zero-order valence-corrected chi connectivity index (χ0v) is 75.9. The minimum Gasteiger partial charge on any atom is -0.385 e. The van der Waals surface area contributed by atoms with Crippen LogP contribution in [-0.2, 0) is 69.4 Å². The molecule has 11 aromatic rings. The molecule has 0 radical (unpaired) electrons. The van der Waals surface area contributed by atoms with E-state index in [2.05, 4.69) is 290 Å². The highest BCUT2D eigenvalue weighted by Gasteiger charge is 2.38. The molecule has 0 saturated carbocycles. The zero-order chi connectivity index (χ0) is 83.6. The SMILES string of the molecule is BrCc1ccccc1.C.C.CC1(c2ccccc2)CCN(Cc2ccccc2)CC1.CC1(c2ccccc2)CCNCC1.Cl.Cl.ClCCl.NC1(c2ccccc2)CCN(Cc2ccccc2)CC1.O=CNC1(c2ccccc2)CCN(Cc2ccccc2)CC1.OC1(c2ccccc2)CCN(Cc2ccccc2)CC1.OC1(c2ccccc2)CCNCC1. The van der Waals surface area contributed by atoms with Crippen molar-refractivity contribution in [1.29, 1.82) is 0 Å². The van der Waals surface area contributed by atoms with E-state index in [1.165, 1.54) is 88.8 Å². The second-order valence-electron chi connectivity index (χ2n) is 33.1. The van der Waals surface area contributed by atoms with Crippen molar-refractivity contribution in [2.24, 2.45) is 5.73 Å². The lowest BCUT2D eigenvalue weighted by molar-refractivity contribution is -0.112. The van der Waals surface area contributed by atoms with Crippen molar-refractivity contribution in [3.63, 3.8) is 0 Å². The van der Waals surface area contributed by atoms with Gasteiger partial charge in [0.15, 0.2) is 0 Å². The highest BCUT2D eigenvalue weighted by Crippen LogP contribution is 2.39. The van der Waals surface area contributed by atoms with E-state index in [9.17, 15) is 15.0 Å². The molecule has 6 heterocycles. The molecule has 0 spiro atoms. The Morgan fingerprint density at radius 3 is 0.854 bits per heavy atom. The smallest absolute Gasteiger partial charge is 0.207 e. The van der Waals surface area contributed by atoms with Crippen LogP contribution in [0.5, 0.6) is 0 Å². The molecule has 1 amide bonds. The Kier molecular flexibility index (Phi) is 47.0. The molecule has 123 heavy (non-hydrogen) atoms. The van der Waals surface area contributed by atoms with Crippen LogP contribution in [0.25, 0.3) is 0 Å². The van der Waals surface area contributed by atoms with E-state index in [4.69, 9.17) is 28.9 Å². The first-order chi connectivity index (χ1) is 58.1. The van der Waals surface area contributed by atoms with Crippen molar-refractivity contribution in [2.45, 2.75) is 170 Å². The molecule has 17 rings (SSSR count). The predicted octanol–water partition coefficient (Wildman–Crippen LogP) is 23.2. The quantitative estimate of drug-likeness (QED) is 0.0387. The van der Waals surface area contributed by atoms with E-state index >= 15 is 0 Å². The Morgan fingerprint density at radius 2 is 0.561 bits per heavy atom. The molecule has 11 nitrogen and oxygen atoms in total. The lowest BCUT2D eigenvalue weighted by atomic mass is 9.74. The average molecular weight is 1810 g/mol. The molecule has 6 fully saturated rings. The minimum atomic E-state index is -0.644. The molecule has 0 bridgehead atoms. The number of rotatable bonds is 17. The van der Waals surface area contributed by atoms with Crippen LogP contribution in [0.1, 0.15) is 167 Å². The number of halogens is 5. The Balaban J connectivity index is 0.000000223. The van der Waals surface area contributed by atoms with Gasteiger partial charge in [0.05, 0.1) is 22.1 Å². The van der Waals surface area contributed by atoms with Gasteiger partial charge in [-0.2, -0.15) is 0 Å². The fourth-order valence-corrected chi connectivity index (χ4v) is 17.4. The number of benzene rings is 11. The predicted molar refractivity (Wildman–Crippen MR) is 530 cm³/mol. The third-order valence-electron chi connectivity index (χ3n) is 24.8. The van der Waals surface area contributed by atoms with Crippen molar-refractivity contribution in [2.75, 3.05) is 83.9 Å². The number of amides is 1.